The Hall–Kier alpha value is -0.930. The Kier molecular flexibility index (Phi) is 3.03. The molecule has 1 aromatic carbocycles. The predicted molar refractivity (Wildman–Crippen MR) is 59.3 cm³/mol. The van der Waals surface area contributed by atoms with Crippen LogP contribution in [0, 0.1) is 12.7 Å². The SMILES string of the molecule is Cc1cc(F)ccc1C1NCCNC1C. The maximum Gasteiger partial charge on any atom is 0.123 e. The fourth-order valence-corrected chi connectivity index (χ4v) is 2.19. The van der Waals surface area contributed by atoms with E-state index in [4.69, 9.17) is 0 Å². The van der Waals surface area contributed by atoms with Gasteiger partial charge in [0.25, 0.3) is 0 Å². The van der Waals surface area contributed by atoms with Gasteiger partial charge in [-0.2, -0.15) is 0 Å². The number of halogens is 1. The van der Waals surface area contributed by atoms with Gasteiger partial charge in [0.05, 0.1) is 0 Å². The monoisotopic (exact) mass is 208 g/mol. The van der Waals surface area contributed by atoms with Gasteiger partial charge in [0.15, 0.2) is 0 Å². The summed E-state index contributed by atoms with van der Waals surface area (Å²) >= 11 is 0. The quantitative estimate of drug-likeness (QED) is 0.735. The van der Waals surface area contributed by atoms with Crippen molar-refractivity contribution in [2.75, 3.05) is 13.1 Å². The molecular weight excluding hydrogens is 191 g/mol. The van der Waals surface area contributed by atoms with Crippen LogP contribution < -0.4 is 10.6 Å². The van der Waals surface area contributed by atoms with E-state index in [1.165, 1.54) is 11.6 Å². The van der Waals surface area contributed by atoms with Crippen LogP contribution in [-0.2, 0) is 0 Å². The van der Waals surface area contributed by atoms with Crippen LogP contribution in [0.3, 0.4) is 0 Å². The van der Waals surface area contributed by atoms with E-state index in [-0.39, 0.29) is 5.82 Å². The van der Waals surface area contributed by atoms with Crippen molar-refractivity contribution in [3.63, 3.8) is 0 Å². The Morgan fingerprint density at radius 2 is 2.00 bits per heavy atom. The molecule has 1 fully saturated rings. The van der Waals surface area contributed by atoms with Crippen LogP contribution in [0.2, 0.25) is 0 Å². The lowest BCUT2D eigenvalue weighted by Crippen LogP contribution is -2.49. The molecule has 1 aliphatic heterocycles. The molecule has 0 saturated carbocycles. The highest BCUT2D eigenvalue weighted by atomic mass is 19.1. The first-order valence-electron chi connectivity index (χ1n) is 5.41. The highest BCUT2D eigenvalue weighted by Crippen LogP contribution is 2.22. The van der Waals surface area contributed by atoms with Gasteiger partial charge in [0.2, 0.25) is 0 Å². The van der Waals surface area contributed by atoms with Crippen LogP contribution in [0.4, 0.5) is 4.39 Å². The molecule has 0 aliphatic carbocycles. The maximum atomic E-state index is 13.0. The third kappa shape index (κ3) is 2.19. The Bertz CT molecular complexity index is 351. The molecular formula is C12H17FN2. The van der Waals surface area contributed by atoms with Gasteiger partial charge in [-0.15, -0.1) is 0 Å². The van der Waals surface area contributed by atoms with Crippen molar-refractivity contribution < 1.29 is 4.39 Å². The van der Waals surface area contributed by atoms with Crippen molar-refractivity contribution in [2.45, 2.75) is 25.9 Å². The van der Waals surface area contributed by atoms with E-state index >= 15 is 0 Å². The lowest BCUT2D eigenvalue weighted by molar-refractivity contribution is 0.344. The normalized spacial score (nSPS) is 26.6. The van der Waals surface area contributed by atoms with E-state index < -0.39 is 0 Å². The zero-order valence-electron chi connectivity index (χ0n) is 9.18. The second-order valence-electron chi connectivity index (χ2n) is 4.18. The first-order chi connectivity index (χ1) is 7.18. The molecule has 2 N–H and O–H groups in total. The number of aryl methyl sites for hydroxylation is 1. The molecule has 2 unspecified atom stereocenters. The molecule has 82 valence electrons. The van der Waals surface area contributed by atoms with Gasteiger partial charge in [-0.25, -0.2) is 4.39 Å². The fourth-order valence-electron chi connectivity index (χ4n) is 2.19. The minimum Gasteiger partial charge on any atom is -0.311 e. The van der Waals surface area contributed by atoms with E-state index in [0.717, 1.165) is 18.7 Å². The van der Waals surface area contributed by atoms with Crippen LogP contribution >= 0.6 is 0 Å². The average molecular weight is 208 g/mol. The van der Waals surface area contributed by atoms with Crippen LogP contribution in [0.15, 0.2) is 18.2 Å². The third-order valence-corrected chi connectivity index (χ3v) is 3.02. The molecule has 3 heteroatoms. The molecule has 2 atom stereocenters. The standard InChI is InChI=1S/C12H17FN2/c1-8-7-10(13)3-4-11(8)12-9(2)14-5-6-15-12/h3-4,7,9,12,14-15H,5-6H2,1-2H3. The highest BCUT2D eigenvalue weighted by molar-refractivity contribution is 5.30. The van der Waals surface area contributed by atoms with Gasteiger partial charge in [0.1, 0.15) is 5.82 Å². The summed E-state index contributed by atoms with van der Waals surface area (Å²) in [5, 5.41) is 6.88. The summed E-state index contributed by atoms with van der Waals surface area (Å²) in [6.45, 7) is 6.07. The van der Waals surface area contributed by atoms with Crippen molar-refractivity contribution in [2.24, 2.45) is 0 Å². The van der Waals surface area contributed by atoms with Crippen molar-refractivity contribution in [1.29, 1.82) is 0 Å². The van der Waals surface area contributed by atoms with Crippen LogP contribution in [0.25, 0.3) is 0 Å². The number of hydrogen-bond donors (Lipinski definition) is 2. The molecule has 1 aliphatic rings. The molecule has 1 saturated heterocycles. The topological polar surface area (TPSA) is 24.1 Å². The smallest absolute Gasteiger partial charge is 0.123 e. The molecule has 0 amide bonds. The largest absolute Gasteiger partial charge is 0.311 e. The first kappa shape index (κ1) is 10.6. The lowest BCUT2D eigenvalue weighted by Gasteiger charge is -2.32. The first-order valence-corrected chi connectivity index (χ1v) is 5.41. The lowest BCUT2D eigenvalue weighted by atomic mass is 9.95. The molecule has 0 aromatic heterocycles. The van der Waals surface area contributed by atoms with E-state index in [2.05, 4.69) is 17.6 Å². The maximum absolute atomic E-state index is 13.0. The van der Waals surface area contributed by atoms with Crippen LogP contribution in [-0.4, -0.2) is 19.1 Å². The minimum atomic E-state index is -0.160. The minimum absolute atomic E-state index is 0.160. The van der Waals surface area contributed by atoms with Crippen molar-refractivity contribution >= 4 is 0 Å². The fraction of sp³-hybridized carbons (Fsp3) is 0.500. The number of rotatable bonds is 1. The van der Waals surface area contributed by atoms with Crippen molar-refractivity contribution in [1.82, 2.24) is 10.6 Å². The molecule has 0 radical (unpaired) electrons. The number of nitrogens with one attached hydrogen (secondary N) is 2. The highest BCUT2D eigenvalue weighted by Gasteiger charge is 2.22. The van der Waals surface area contributed by atoms with Crippen molar-refractivity contribution in [3.8, 4) is 0 Å². The Labute approximate surface area is 89.9 Å². The zero-order chi connectivity index (χ0) is 10.8. The van der Waals surface area contributed by atoms with Gasteiger partial charge >= 0.3 is 0 Å². The van der Waals surface area contributed by atoms with Gasteiger partial charge in [-0.3, -0.25) is 0 Å². The number of hydrogen-bond acceptors (Lipinski definition) is 2. The summed E-state index contributed by atoms with van der Waals surface area (Å²) in [5.74, 6) is -0.160. The van der Waals surface area contributed by atoms with Gasteiger partial charge < -0.3 is 10.6 Å². The van der Waals surface area contributed by atoms with E-state index in [9.17, 15) is 4.39 Å². The molecule has 1 aromatic rings. The summed E-state index contributed by atoms with van der Waals surface area (Å²) in [6, 6.07) is 5.69. The van der Waals surface area contributed by atoms with Gasteiger partial charge in [-0.05, 0) is 37.1 Å². The zero-order valence-corrected chi connectivity index (χ0v) is 9.18. The molecule has 15 heavy (non-hydrogen) atoms. The second-order valence-corrected chi connectivity index (χ2v) is 4.18. The van der Waals surface area contributed by atoms with Crippen LogP contribution in [0.5, 0.6) is 0 Å². The molecule has 2 nitrogen and oxygen atoms in total. The summed E-state index contributed by atoms with van der Waals surface area (Å²) in [5.41, 5.74) is 2.21. The van der Waals surface area contributed by atoms with Gasteiger partial charge in [-0.1, -0.05) is 6.07 Å². The van der Waals surface area contributed by atoms with Crippen molar-refractivity contribution in [3.05, 3.63) is 35.1 Å². The summed E-state index contributed by atoms with van der Waals surface area (Å²) in [4.78, 5) is 0. The Balaban J connectivity index is 2.27. The Morgan fingerprint density at radius 3 is 2.67 bits per heavy atom. The molecule has 1 heterocycles. The second kappa shape index (κ2) is 4.29. The summed E-state index contributed by atoms with van der Waals surface area (Å²) < 4.78 is 13.0. The van der Waals surface area contributed by atoms with E-state index in [1.54, 1.807) is 6.07 Å². The molecule has 2 rings (SSSR count). The van der Waals surface area contributed by atoms with Crippen LogP contribution in [0.1, 0.15) is 24.1 Å². The van der Waals surface area contributed by atoms with Gasteiger partial charge in [0, 0.05) is 25.2 Å². The average Bonchev–Trinajstić information content (AvgIpc) is 2.20. The van der Waals surface area contributed by atoms with E-state index in [1.807, 2.05) is 13.0 Å². The third-order valence-electron chi connectivity index (χ3n) is 3.02. The molecule has 0 bridgehead atoms. The number of piperazine rings is 1. The summed E-state index contributed by atoms with van der Waals surface area (Å²) in [6.07, 6.45) is 0. The number of benzene rings is 1. The molecule has 0 spiro atoms. The van der Waals surface area contributed by atoms with E-state index in [0.29, 0.717) is 12.1 Å². The Morgan fingerprint density at radius 1 is 1.27 bits per heavy atom. The summed E-state index contributed by atoms with van der Waals surface area (Å²) in [7, 11) is 0. The predicted octanol–water partition coefficient (Wildman–Crippen LogP) is 1.76.